The summed E-state index contributed by atoms with van der Waals surface area (Å²) in [5, 5.41) is 22.6. The Morgan fingerprint density at radius 1 is 1.05 bits per heavy atom. The number of aryl methyl sites for hydroxylation is 1. The van der Waals surface area contributed by atoms with E-state index in [1.165, 1.54) is 11.1 Å². The third-order valence-corrected chi connectivity index (χ3v) is 3.95. The molecule has 1 aliphatic rings. The summed E-state index contributed by atoms with van der Waals surface area (Å²) in [7, 11) is 0. The van der Waals surface area contributed by atoms with Crippen LogP contribution in [-0.2, 0) is 19.4 Å². The van der Waals surface area contributed by atoms with Gasteiger partial charge in [-0.2, -0.15) is 0 Å². The molecule has 0 radical (unpaired) electrons. The summed E-state index contributed by atoms with van der Waals surface area (Å²) in [6.07, 6.45) is 1.85. The first-order valence-corrected chi connectivity index (χ1v) is 6.94. The number of aromatic hydroxyl groups is 2. The number of nitrogens with one attached hydrogen (secondary N) is 1. The highest BCUT2D eigenvalue weighted by Gasteiger charge is 2.20. The van der Waals surface area contributed by atoms with Crippen LogP contribution in [-0.4, -0.2) is 16.3 Å². The molecule has 3 rings (SSSR count). The van der Waals surface area contributed by atoms with Gasteiger partial charge in [-0.05, 0) is 48.6 Å². The zero-order chi connectivity index (χ0) is 14.1. The van der Waals surface area contributed by atoms with E-state index in [1.807, 2.05) is 0 Å². The third-order valence-electron chi connectivity index (χ3n) is 3.95. The Morgan fingerprint density at radius 3 is 2.40 bits per heavy atom. The summed E-state index contributed by atoms with van der Waals surface area (Å²) in [6, 6.07) is 12.3. The fourth-order valence-corrected chi connectivity index (χ4v) is 2.76. The Kier molecular flexibility index (Phi) is 3.36. The van der Waals surface area contributed by atoms with Crippen LogP contribution in [0.3, 0.4) is 0 Å². The van der Waals surface area contributed by atoms with Crippen molar-refractivity contribution >= 4 is 0 Å². The number of hydrogen-bond donors (Lipinski definition) is 3. The van der Waals surface area contributed by atoms with Gasteiger partial charge in [0.1, 0.15) is 0 Å². The molecule has 1 atom stereocenters. The maximum Gasteiger partial charge on any atom is 0.157 e. The van der Waals surface area contributed by atoms with Crippen molar-refractivity contribution in [3.05, 3.63) is 58.7 Å². The lowest BCUT2D eigenvalue weighted by Crippen LogP contribution is -2.37. The molecule has 0 aromatic heterocycles. The Labute approximate surface area is 118 Å². The Balaban J connectivity index is 1.75. The smallest absolute Gasteiger partial charge is 0.157 e. The molecule has 2 aromatic rings. The predicted molar refractivity (Wildman–Crippen MR) is 79.0 cm³/mol. The maximum absolute atomic E-state index is 9.61. The van der Waals surface area contributed by atoms with Crippen LogP contribution in [0.4, 0.5) is 0 Å². The molecule has 0 spiro atoms. The SMILES string of the molecule is Cc1ccc(CC2Cc3cc(O)c(O)cc3CN2)cc1. The lowest BCUT2D eigenvalue weighted by molar-refractivity contribution is 0.398. The van der Waals surface area contributed by atoms with E-state index in [9.17, 15) is 10.2 Å². The molecule has 1 aliphatic heterocycles. The summed E-state index contributed by atoms with van der Waals surface area (Å²) < 4.78 is 0. The van der Waals surface area contributed by atoms with Crippen molar-refractivity contribution in [1.82, 2.24) is 5.32 Å². The van der Waals surface area contributed by atoms with E-state index >= 15 is 0 Å². The van der Waals surface area contributed by atoms with Crippen molar-refractivity contribution in [2.45, 2.75) is 32.4 Å². The van der Waals surface area contributed by atoms with Gasteiger partial charge in [0.15, 0.2) is 11.5 Å². The van der Waals surface area contributed by atoms with Crippen LogP contribution >= 0.6 is 0 Å². The number of rotatable bonds is 2. The van der Waals surface area contributed by atoms with E-state index < -0.39 is 0 Å². The second-order valence-corrected chi connectivity index (χ2v) is 5.58. The molecule has 3 nitrogen and oxygen atoms in total. The normalized spacial score (nSPS) is 17.8. The molecule has 104 valence electrons. The topological polar surface area (TPSA) is 52.5 Å². The van der Waals surface area contributed by atoms with Gasteiger partial charge in [-0.1, -0.05) is 29.8 Å². The predicted octanol–water partition coefficient (Wildman–Crippen LogP) is 2.66. The number of phenols is 2. The zero-order valence-electron chi connectivity index (χ0n) is 11.6. The van der Waals surface area contributed by atoms with Crippen molar-refractivity contribution in [2.24, 2.45) is 0 Å². The van der Waals surface area contributed by atoms with Gasteiger partial charge in [0.25, 0.3) is 0 Å². The molecule has 2 aromatic carbocycles. The fourth-order valence-electron chi connectivity index (χ4n) is 2.76. The zero-order valence-corrected chi connectivity index (χ0v) is 11.6. The minimum atomic E-state index is -0.0393. The molecule has 0 saturated carbocycles. The quantitative estimate of drug-likeness (QED) is 0.735. The van der Waals surface area contributed by atoms with Crippen LogP contribution in [0, 0.1) is 6.92 Å². The second-order valence-electron chi connectivity index (χ2n) is 5.58. The molecule has 20 heavy (non-hydrogen) atoms. The highest BCUT2D eigenvalue weighted by molar-refractivity contribution is 5.46. The van der Waals surface area contributed by atoms with E-state index in [0.717, 1.165) is 30.5 Å². The third kappa shape index (κ3) is 2.63. The van der Waals surface area contributed by atoms with E-state index in [1.54, 1.807) is 12.1 Å². The molecule has 1 unspecified atom stereocenters. The van der Waals surface area contributed by atoms with E-state index in [0.29, 0.717) is 6.04 Å². The van der Waals surface area contributed by atoms with E-state index in [-0.39, 0.29) is 11.5 Å². The van der Waals surface area contributed by atoms with Crippen LogP contribution in [0.25, 0.3) is 0 Å². The highest BCUT2D eigenvalue weighted by atomic mass is 16.3. The second kappa shape index (κ2) is 5.17. The highest BCUT2D eigenvalue weighted by Crippen LogP contribution is 2.31. The van der Waals surface area contributed by atoms with Gasteiger partial charge in [-0.3, -0.25) is 0 Å². The van der Waals surface area contributed by atoms with Crippen molar-refractivity contribution in [3.63, 3.8) is 0 Å². The van der Waals surface area contributed by atoms with Gasteiger partial charge in [0, 0.05) is 12.6 Å². The van der Waals surface area contributed by atoms with Crippen molar-refractivity contribution in [3.8, 4) is 11.5 Å². The van der Waals surface area contributed by atoms with Crippen LogP contribution in [0.15, 0.2) is 36.4 Å². The van der Waals surface area contributed by atoms with E-state index in [2.05, 4.69) is 36.5 Å². The minimum Gasteiger partial charge on any atom is -0.504 e. The molecule has 0 aliphatic carbocycles. The van der Waals surface area contributed by atoms with Gasteiger partial charge in [-0.15, -0.1) is 0 Å². The summed E-state index contributed by atoms with van der Waals surface area (Å²) >= 11 is 0. The molecule has 1 heterocycles. The van der Waals surface area contributed by atoms with Gasteiger partial charge < -0.3 is 15.5 Å². The number of hydrogen-bond acceptors (Lipinski definition) is 3. The average Bonchev–Trinajstić information content (AvgIpc) is 2.43. The molecular formula is C17H19NO2. The summed E-state index contributed by atoms with van der Waals surface area (Å²) in [4.78, 5) is 0. The maximum atomic E-state index is 9.61. The van der Waals surface area contributed by atoms with Crippen molar-refractivity contribution in [2.75, 3.05) is 0 Å². The Bertz CT molecular complexity index is 620. The van der Waals surface area contributed by atoms with Crippen LogP contribution in [0.1, 0.15) is 22.3 Å². The molecule has 3 heteroatoms. The molecular weight excluding hydrogens is 250 g/mol. The van der Waals surface area contributed by atoms with Gasteiger partial charge in [0.05, 0.1) is 0 Å². The Morgan fingerprint density at radius 2 is 1.70 bits per heavy atom. The summed E-state index contributed by atoms with van der Waals surface area (Å²) in [5.41, 5.74) is 4.78. The summed E-state index contributed by atoms with van der Waals surface area (Å²) in [5.74, 6) is -0.0673. The average molecular weight is 269 g/mol. The minimum absolute atomic E-state index is 0.0280. The number of benzene rings is 2. The molecule has 0 saturated heterocycles. The number of fused-ring (bicyclic) bond motifs is 1. The molecule has 0 bridgehead atoms. The first kappa shape index (κ1) is 13.0. The molecule has 3 N–H and O–H groups in total. The Hall–Kier alpha value is -2.00. The van der Waals surface area contributed by atoms with Crippen molar-refractivity contribution in [1.29, 1.82) is 0 Å². The monoisotopic (exact) mass is 269 g/mol. The molecule has 0 fully saturated rings. The van der Waals surface area contributed by atoms with Gasteiger partial charge in [0.2, 0.25) is 0 Å². The first-order chi connectivity index (χ1) is 9.61. The molecule has 0 amide bonds. The van der Waals surface area contributed by atoms with E-state index in [4.69, 9.17) is 0 Å². The number of phenolic OH excluding ortho intramolecular Hbond substituents is 2. The first-order valence-electron chi connectivity index (χ1n) is 6.94. The van der Waals surface area contributed by atoms with Gasteiger partial charge >= 0.3 is 0 Å². The largest absolute Gasteiger partial charge is 0.504 e. The van der Waals surface area contributed by atoms with Crippen LogP contribution in [0.5, 0.6) is 11.5 Å². The lowest BCUT2D eigenvalue weighted by atomic mass is 9.91. The fraction of sp³-hybridized carbons (Fsp3) is 0.294. The van der Waals surface area contributed by atoms with Gasteiger partial charge in [-0.25, -0.2) is 0 Å². The van der Waals surface area contributed by atoms with Crippen molar-refractivity contribution < 1.29 is 10.2 Å². The van der Waals surface area contributed by atoms with Crippen LogP contribution in [0.2, 0.25) is 0 Å². The standard InChI is InChI=1S/C17H19NO2/c1-11-2-4-12(5-3-11)6-15-7-13-8-16(19)17(20)9-14(13)10-18-15/h2-5,8-9,15,18-20H,6-7,10H2,1H3. The van der Waals surface area contributed by atoms with Crippen LogP contribution < -0.4 is 5.32 Å². The summed E-state index contributed by atoms with van der Waals surface area (Å²) in [6.45, 7) is 2.83. The lowest BCUT2D eigenvalue weighted by Gasteiger charge is -2.26.